The predicted octanol–water partition coefficient (Wildman–Crippen LogP) is 0.976. The molecule has 1 aromatic carbocycles. The van der Waals surface area contributed by atoms with Gasteiger partial charge in [0.05, 0.1) is 13.2 Å². The summed E-state index contributed by atoms with van der Waals surface area (Å²) in [5, 5.41) is 22.0. The lowest BCUT2D eigenvalue weighted by Gasteiger charge is -2.18. The van der Waals surface area contributed by atoms with Gasteiger partial charge in [-0.05, 0) is 30.5 Å². The number of benzene rings is 1. The van der Waals surface area contributed by atoms with Crippen LogP contribution < -0.4 is 10.1 Å². The highest BCUT2D eigenvalue weighted by Gasteiger charge is 2.09. The molecule has 0 heterocycles. The van der Waals surface area contributed by atoms with Gasteiger partial charge < -0.3 is 25.0 Å². The largest absolute Gasteiger partial charge is 0.491 e. The standard InChI is InChI=1S/C16H27NO4/c1-3-14(11-18)17-10-15(19)12-21-16-6-4-13(5-7-16)8-9-20-2/h4-7,14-15,17-19H,3,8-12H2,1-2H3/t14-,15-/m1/s1. The van der Waals surface area contributed by atoms with Crippen molar-refractivity contribution in [3.8, 4) is 5.75 Å². The van der Waals surface area contributed by atoms with E-state index in [1.54, 1.807) is 7.11 Å². The minimum absolute atomic E-state index is 0.0275. The number of aliphatic hydroxyl groups excluding tert-OH is 2. The average Bonchev–Trinajstić information content (AvgIpc) is 2.53. The first kappa shape index (κ1) is 17.9. The summed E-state index contributed by atoms with van der Waals surface area (Å²) in [7, 11) is 1.69. The van der Waals surface area contributed by atoms with E-state index in [1.165, 1.54) is 5.56 Å². The third kappa shape index (κ3) is 7.43. The van der Waals surface area contributed by atoms with E-state index in [1.807, 2.05) is 31.2 Å². The highest BCUT2D eigenvalue weighted by atomic mass is 16.5. The molecule has 1 aromatic rings. The molecule has 5 heteroatoms. The maximum atomic E-state index is 9.84. The van der Waals surface area contributed by atoms with Gasteiger partial charge in [-0.2, -0.15) is 0 Å². The molecule has 0 aromatic heterocycles. The van der Waals surface area contributed by atoms with Crippen LogP contribution in [-0.4, -0.2) is 55.8 Å². The van der Waals surface area contributed by atoms with Gasteiger partial charge >= 0.3 is 0 Å². The molecule has 0 bridgehead atoms. The molecule has 0 unspecified atom stereocenters. The molecule has 0 aliphatic rings. The third-order valence-electron chi connectivity index (χ3n) is 3.32. The molecule has 0 spiro atoms. The Morgan fingerprint density at radius 3 is 2.52 bits per heavy atom. The second-order valence-corrected chi connectivity index (χ2v) is 5.05. The first-order valence-electron chi connectivity index (χ1n) is 7.42. The highest BCUT2D eigenvalue weighted by molar-refractivity contribution is 5.27. The van der Waals surface area contributed by atoms with Crippen molar-refractivity contribution in [3.05, 3.63) is 29.8 Å². The summed E-state index contributed by atoms with van der Waals surface area (Å²) in [6.45, 7) is 3.40. The Balaban J connectivity index is 2.27. The van der Waals surface area contributed by atoms with Gasteiger partial charge in [-0.1, -0.05) is 19.1 Å². The van der Waals surface area contributed by atoms with Crippen LogP contribution in [0.4, 0.5) is 0 Å². The Hall–Kier alpha value is -1.14. The summed E-state index contributed by atoms with van der Waals surface area (Å²) in [5.74, 6) is 0.740. The number of hydrogen-bond donors (Lipinski definition) is 3. The van der Waals surface area contributed by atoms with Gasteiger partial charge in [-0.3, -0.25) is 0 Å². The zero-order chi connectivity index (χ0) is 15.5. The number of nitrogens with one attached hydrogen (secondary N) is 1. The van der Waals surface area contributed by atoms with Crippen LogP contribution >= 0.6 is 0 Å². The Morgan fingerprint density at radius 2 is 1.95 bits per heavy atom. The summed E-state index contributed by atoms with van der Waals surface area (Å²) < 4.78 is 10.6. The van der Waals surface area contributed by atoms with Crippen LogP contribution in [0, 0.1) is 0 Å². The van der Waals surface area contributed by atoms with Gasteiger partial charge in [0, 0.05) is 19.7 Å². The van der Waals surface area contributed by atoms with Gasteiger partial charge in [0.1, 0.15) is 18.5 Å². The Bertz CT molecular complexity index is 365. The van der Waals surface area contributed by atoms with E-state index in [9.17, 15) is 5.11 Å². The molecule has 0 radical (unpaired) electrons. The highest BCUT2D eigenvalue weighted by Crippen LogP contribution is 2.13. The van der Waals surface area contributed by atoms with Gasteiger partial charge in [-0.15, -0.1) is 0 Å². The molecule has 21 heavy (non-hydrogen) atoms. The van der Waals surface area contributed by atoms with Gasteiger partial charge in [0.25, 0.3) is 0 Å². The third-order valence-corrected chi connectivity index (χ3v) is 3.32. The van der Waals surface area contributed by atoms with E-state index in [2.05, 4.69) is 5.32 Å². The number of hydrogen-bond acceptors (Lipinski definition) is 5. The van der Waals surface area contributed by atoms with E-state index in [-0.39, 0.29) is 19.3 Å². The second-order valence-electron chi connectivity index (χ2n) is 5.05. The van der Waals surface area contributed by atoms with Crippen molar-refractivity contribution in [2.75, 3.05) is 33.5 Å². The fraction of sp³-hybridized carbons (Fsp3) is 0.625. The molecule has 5 nitrogen and oxygen atoms in total. The summed E-state index contributed by atoms with van der Waals surface area (Å²) in [6.07, 6.45) is 1.11. The van der Waals surface area contributed by atoms with Crippen LogP contribution in [0.1, 0.15) is 18.9 Å². The second kappa shape index (κ2) is 10.6. The van der Waals surface area contributed by atoms with Crippen LogP contribution in [0.2, 0.25) is 0 Å². The van der Waals surface area contributed by atoms with Gasteiger partial charge in [0.2, 0.25) is 0 Å². The Kier molecular flexibility index (Phi) is 9.01. The molecule has 1 rings (SSSR count). The van der Waals surface area contributed by atoms with Crippen LogP contribution in [0.15, 0.2) is 24.3 Å². The summed E-state index contributed by atoms with van der Waals surface area (Å²) in [5.41, 5.74) is 1.19. The number of rotatable bonds is 11. The average molecular weight is 297 g/mol. The topological polar surface area (TPSA) is 71.0 Å². The van der Waals surface area contributed by atoms with E-state index < -0.39 is 6.10 Å². The zero-order valence-electron chi connectivity index (χ0n) is 12.9. The fourth-order valence-electron chi connectivity index (χ4n) is 1.86. The van der Waals surface area contributed by atoms with Crippen LogP contribution in [0.5, 0.6) is 5.75 Å². The minimum atomic E-state index is -0.598. The lowest BCUT2D eigenvalue weighted by atomic mass is 10.1. The molecule has 2 atom stereocenters. The molecule has 0 aliphatic heterocycles. The van der Waals surface area contributed by atoms with Gasteiger partial charge in [-0.25, -0.2) is 0 Å². The molecule has 120 valence electrons. The summed E-state index contributed by atoms with van der Waals surface area (Å²) >= 11 is 0. The lowest BCUT2D eigenvalue weighted by molar-refractivity contribution is 0.0995. The molecular weight excluding hydrogens is 270 g/mol. The first-order valence-corrected chi connectivity index (χ1v) is 7.42. The molecule has 0 saturated heterocycles. The van der Waals surface area contributed by atoms with Crippen molar-refractivity contribution in [3.63, 3.8) is 0 Å². The predicted molar refractivity (Wildman–Crippen MR) is 82.7 cm³/mol. The molecule has 3 N–H and O–H groups in total. The monoisotopic (exact) mass is 297 g/mol. The smallest absolute Gasteiger partial charge is 0.119 e. The number of ether oxygens (including phenoxy) is 2. The zero-order valence-corrected chi connectivity index (χ0v) is 12.9. The molecular formula is C16H27NO4. The van der Waals surface area contributed by atoms with Gasteiger partial charge in [0.15, 0.2) is 0 Å². The van der Waals surface area contributed by atoms with E-state index in [0.29, 0.717) is 13.2 Å². The maximum absolute atomic E-state index is 9.84. The molecule has 0 saturated carbocycles. The van der Waals surface area contributed by atoms with Crippen LogP contribution in [0.3, 0.4) is 0 Å². The van der Waals surface area contributed by atoms with E-state index in [0.717, 1.165) is 18.6 Å². The fourth-order valence-corrected chi connectivity index (χ4v) is 1.86. The summed E-state index contributed by atoms with van der Waals surface area (Å²) in [6, 6.07) is 7.82. The normalized spacial score (nSPS) is 13.9. The molecule has 0 aliphatic carbocycles. The maximum Gasteiger partial charge on any atom is 0.119 e. The van der Waals surface area contributed by atoms with Crippen molar-refractivity contribution in [2.24, 2.45) is 0 Å². The van der Waals surface area contributed by atoms with E-state index >= 15 is 0 Å². The number of aliphatic hydroxyl groups is 2. The van der Waals surface area contributed by atoms with Crippen molar-refractivity contribution < 1.29 is 19.7 Å². The van der Waals surface area contributed by atoms with Crippen molar-refractivity contribution >= 4 is 0 Å². The lowest BCUT2D eigenvalue weighted by Crippen LogP contribution is -2.39. The van der Waals surface area contributed by atoms with Crippen molar-refractivity contribution in [1.29, 1.82) is 0 Å². The van der Waals surface area contributed by atoms with Crippen molar-refractivity contribution in [1.82, 2.24) is 5.32 Å². The molecule has 0 fully saturated rings. The SMILES string of the molecule is CC[C@H](CO)NC[C@@H](O)COc1ccc(CCOC)cc1. The first-order chi connectivity index (χ1) is 10.2. The van der Waals surface area contributed by atoms with Crippen LogP contribution in [-0.2, 0) is 11.2 Å². The Morgan fingerprint density at radius 1 is 1.24 bits per heavy atom. The van der Waals surface area contributed by atoms with Crippen molar-refractivity contribution in [2.45, 2.75) is 31.9 Å². The Labute approximate surface area is 126 Å². The number of methoxy groups -OCH3 is 1. The quantitative estimate of drug-likeness (QED) is 0.568. The minimum Gasteiger partial charge on any atom is -0.491 e. The van der Waals surface area contributed by atoms with E-state index in [4.69, 9.17) is 14.6 Å². The van der Waals surface area contributed by atoms with Crippen LogP contribution in [0.25, 0.3) is 0 Å². The summed E-state index contributed by atoms with van der Waals surface area (Å²) in [4.78, 5) is 0. The molecule has 0 amide bonds.